The number of aromatic carboxylic acids is 1. The van der Waals surface area contributed by atoms with E-state index >= 15 is 0 Å². The zero-order valence-electron chi connectivity index (χ0n) is 14.8. The van der Waals surface area contributed by atoms with Crippen LogP contribution in [0, 0.1) is 0 Å². The maximum Gasteiger partial charge on any atom is 0.490 e. The molecule has 2 rings (SSSR count). The highest BCUT2D eigenvalue weighted by Gasteiger charge is 2.38. The summed E-state index contributed by atoms with van der Waals surface area (Å²) in [4.78, 5) is 21.9. The number of rotatable bonds is 5. The lowest BCUT2D eigenvalue weighted by Crippen LogP contribution is -2.44. The van der Waals surface area contributed by atoms with Crippen molar-refractivity contribution in [3.63, 3.8) is 0 Å². The first kappa shape index (κ1) is 23.9. The number of alkyl halides is 3. The van der Waals surface area contributed by atoms with Crippen molar-refractivity contribution in [3.05, 3.63) is 35.4 Å². The molecule has 28 heavy (non-hydrogen) atoms. The van der Waals surface area contributed by atoms with Gasteiger partial charge in [0, 0.05) is 25.9 Å². The standard InChI is InChI=1S/C14H19NO5S.C2HF3O2/c1-21(18,19)10-13-9-15(5-6-20-13)8-11-3-2-4-12(7-11)14(16)17;3-2(4,5)1(6)7/h2-4,7,13H,5-6,8-10H2,1H3,(H,16,17);(H,6,7). The molecule has 158 valence electrons. The summed E-state index contributed by atoms with van der Waals surface area (Å²) < 4.78 is 59.8. The number of nitrogens with zero attached hydrogens (tertiary/aromatic N) is 1. The smallest absolute Gasteiger partial charge is 0.478 e. The predicted octanol–water partition coefficient (Wildman–Crippen LogP) is 1.26. The van der Waals surface area contributed by atoms with E-state index in [1.54, 1.807) is 18.2 Å². The quantitative estimate of drug-likeness (QED) is 0.721. The summed E-state index contributed by atoms with van der Waals surface area (Å²) in [6, 6.07) is 6.78. The third kappa shape index (κ3) is 9.15. The average Bonchev–Trinajstić information content (AvgIpc) is 2.53. The second kappa shape index (κ2) is 9.85. The van der Waals surface area contributed by atoms with E-state index in [1.807, 2.05) is 6.07 Å². The van der Waals surface area contributed by atoms with Crippen LogP contribution in [0.15, 0.2) is 24.3 Å². The van der Waals surface area contributed by atoms with Crippen LogP contribution < -0.4 is 0 Å². The van der Waals surface area contributed by atoms with E-state index in [4.69, 9.17) is 19.7 Å². The van der Waals surface area contributed by atoms with Gasteiger partial charge in [0.1, 0.15) is 9.84 Å². The zero-order chi connectivity index (χ0) is 21.5. The monoisotopic (exact) mass is 427 g/mol. The minimum Gasteiger partial charge on any atom is -0.478 e. The molecule has 1 fully saturated rings. The van der Waals surface area contributed by atoms with E-state index in [0.717, 1.165) is 5.56 Å². The second-order valence-electron chi connectivity index (χ2n) is 6.13. The largest absolute Gasteiger partial charge is 0.490 e. The number of hydrogen-bond donors (Lipinski definition) is 2. The van der Waals surface area contributed by atoms with Crippen LogP contribution in [-0.2, 0) is 25.9 Å². The van der Waals surface area contributed by atoms with Gasteiger partial charge in [0.25, 0.3) is 0 Å². The van der Waals surface area contributed by atoms with Crippen LogP contribution in [0.1, 0.15) is 15.9 Å². The first-order valence-electron chi connectivity index (χ1n) is 7.92. The fourth-order valence-corrected chi connectivity index (χ4v) is 3.30. The normalized spacial score (nSPS) is 18.1. The van der Waals surface area contributed by atoms with Crippen molar-refractivity contribution in [1.82, 2.24) is 4.90 Å². The highest BCUT2D eigenvalue weighted by atomic mass is 32.2. The molecule has 0 radical (unpaired) electrons. The Hall–Kier alpha value is -2.18. The van der Waals surface area contributed by atoms with Gasteiger partial charge in [-0.2, -0.15) is 13.2 Å². The van der Waals surface area contributed by atoms with Gasteiger partial charge < -0.3 is 14.9 Å². The number of ether oxygens (including phenoxy) is 1. The van der Waals surface area contributed by atoms with Crippen LogP contribution >= 0.6 is 0 Å². The van der Waals surface area contributed by atoms with Crippen molar-refractivity contribution < 1.29 is 46.1 Å². The molecule has 2 N–H and O–H groups in total. The minimum atomic E-state index is -5.08. The van der Waals surface area contributed by atoms with Gasteiger partial charge in [-0.25, -0.2) is 18.0 Å². The maximum absolute atomic E-state index is 11.3. The van der Waals surface area contributed by atoms with E-state index in [0.29, 0.717) is 26.2 Å². The first-order valence-corrected chi connectivity index (χ1v) is 9.98. The van der Waals surface area contributed by atoms with Crippen molar-refractivity contribution in [3.8, 4) is 0 Å². The molecule has 12 heteroatoms. The zero-order valence-corrected chi connectivity index (χ0v) is 15.7. The molecule has 1 aliphatic rings. The van der Waals surface area contributed by atoms with Crippen LogP contribution in [0.3, 0.4) is 0 Å². The Morgan fingerprint density at radius 3 is 2.39 bits per heavy atom. The number of morpholine rings is 1. The number of hydrogen-bond acceptors (Lipinski definition) is 6. The number of benzene rings is 1. The summed E-state index contributed by atoms with van der Waals surface area (Å²) >= 11 is 0. The fraction of sp³-hybridized carbons (Fsp3) is 0.500. The van der Waals surface area contributed by atoms with Crippen molar-refractivity contribution in [2.24, 2.45) is 0 Å². The van der Waals surface area contributed by atoms with Gasteiger partial charge in [-0.05, 0) is 17.7 Å². The number of aliphatic carboxylic acids is 1. The molecule has 0 amide bonds. The van der Waals surface area contributed by atoms with Crippen molar-refractivity contribution in [1.29, 1.82) is 0 Å². The fourth-order valence-electron chi connectivity index (χ4n) is 2.42. The van der Waals surface area contributed by atoms with E-state index in [1.165, 1.54) is 6.26 Å². The molecule has 0 bridgehead atoms. The molecule has 0 aromatic heterocycles. The Bertz CT molecular complexity index is 796. The Labute approximate surface area is 159 Å². The van der Waals surface area contributed by atoms with Crippen molar-refractivity contribution >= 4 is 21.8 Å². The van der Waals surface area contributed by atoms with Crippen molar-refractivity contribution in [2.75, 3.05) is 31.7 Å². The number of carbonyl (C=O) groups is 2. The summed E-state index contributed by atoms with van der Waals surface area (Å²) in [5, 5.41) is 16.1. The van der Waals surface area contributed by atoms with Gasteiger partial charge in [-0.15, -0.1) is 0 Å². The predicted molar refractivity (Wildman–Crippen MR) is 91.8 cm³/mol. The first-order chi connectivity index (χ1) is 12.8. The molecule has 1 aliphatic heterocycles. The SMILES string of the molecule is CS(=O)(=O)CC1CN(Cc2cccc(C(=O)O)c2)CCO1.O=C(O)C(F)(F)F. The summed E-state index contributed by atoms with van der Waals surface area (Å²) in [6.45, 7) is 2.31. The summed E-state index contributed by atoms with van der Waals surface area (Å²) in [5.74, 6) is -3.69. The van der Waals surface area contributed by atoms with Gasteiger partial charge in [-0.3, -0.25) is 4.90 Å². The van der Waals surface area contributed by atoms with Crippen LogP contribution in [0.5, 0.6) is 0 Å². The molecule has 1 aromatic rings. The number of carboxylic acid groups (broad SMARTS) is 2. The Kier molecular flexibility index (Phi) is 8.39. The molecule has 1 atom stereocenters. The lowest BCUT2D eigenvalue weighted by molar-refractivity contribution is -0.192. The number of halogens is 3. The van der Waals surface area contributed by atoms with Crippen LogP contribution in [0.4, 0.5) is 13.2 Å². The highest BCUT2D eigenvalue weighted by molar-refractivity contribution is 7.90. The summed E-state index contributed by atoms with van der Waals surface area (Å²) in [7, 11) is -3.07. The molecule has 0 saturated carbocycles. The molecular weight excluding hydrogens is 407 g/mol. The molecule has 1 saturated heterocycles. The average molecular weight is 427 g/mol. The second-order valence-corrected chi connectivity index (χ2v) is 8.31. The Morgan fingerprint density at radius 1 is 1.29 bits per heavy atom. The molecule has 0 spiro atoms. The maximum atomic E-state index is 11.3. The lowest BCUT2D eigenvalue weighted by Gasteiger charge is -2.32. The van der Waals surface area contributed by atoms with Crippen molar-refractivity contribution in [2.45, 2.75) is 18.8 Å². The van der Waals surface area contributed by atoms with Crippen LogP contribution in [-0.4, -0.2) is 79.5 Å². The van der Waals surface area contributed by atoms with E-state index in [2.05, 4.69) is 4.90 Å². The summed E-state index contributed by atoms with van der Waals surface area (Å²) in [5.41, 5.74) is 1.16. The van der Waals surface area contributed by atoms with E-state index in [-0.39, 0.29) is 17.4 Å². The van der Waals surface area contributed by atoms with Gasteiger partial charge in [0.2, 0.25) is 0 Å². The molecular formula is C16H20F3NO7S. The molecule has 8 nitrogen and oxygen atoms in total. The minimum absolute atomic E-state index is 0.0126. The third-order valence-electron chi connectivity index (χ3n) is 3.53. The Balaban J connectivity index is 0.000000480. The number of sulfone groups is 1. The lowest BCUT2D eigenvalue weighted by atomic mass is 10.1. The Morgan fingerprint density at radius 2 is 1.89 bits per heavy atom. The van der Waals surface area contributed by atoms with Gasteiger partial charge in [-0.1, -0.05) is 12.1 Å². The van der Waals surface area contributed by atoms with Crippen LogP contribution in [0.2, 0.25) is 0 Å². The van der Waals surface area contributed by atoms with E-state index in [9.17, 15) is 26.4 Å². The third-order valence-corrected chi connectivity index (χ3v) is 4.51. The highest BCUT2D eigenvalue weighted by Crippen LogP contribution is 2.14. The van der Waals surface area contributed by atoms with E-state index < -0.39 is 28.0 Å². The van der Waals surface area contributed by atoms with Crippen LogP contribution in [0.25, 0.3) is 0 Å². The molecule has 0 aliphatic carbocycles. The number of carboxylic acids is 2. The van der Waals surface area contributed by atoms with Gasteiger partial charge in [0.05, 0.1) is 24.0 Å². The summed E-state index contributed by atoms with van der Waals surface area (Å²) in [6.07, 6.45) is -4.21. The molecule has 1 heterocycles. The topological polar surface area (TPSA) is 121 Å². The van der Waals surface area contributed by atoms with Gasteiger partial charge in [0.15, 0.2) is 0 Å². The molecule has 1 unspecified atom stereocenters. The molecule has 1 aromatic carbocycles. The van der Waals surface area contributed by atoms with Gasteiger partial charge >= 0.3 is 18.1 Å².